The van der Waals surface area contributed by atoms with E-state index in [0.717, 1.165) is 17.1 Å². The van der Waals surface area contributed by atoms with E-state index >= 15 is 0 Å². The molecule has 1 aliphatic carbocycles. The number of para-hydroxylation sites is 1. The lowest BCUT2D eigenvalue weighted by atomic mass is 9.82. The average Bonchev–Trinajstić information content (AvgIpc) is 3.35. The minimum atomic E-state index is -0.0125. The van der Waals surface area contributed by atoms with Crippen molar-refractivity contribution in [3.05, 3.63) is 175 Å². The first-order valence-corrected chi connectivity index (χ1v) is 16.1. The minimum Gasteiger partial charge on any atom is -0.310 e. The highest BCUT2D eigenvalue weighted by Gasteiger charge is 2.36. The van der Waals surface area contributed by atoms with Gasteiger partial charge < -0.3 is 4.90 Å². The summed E-state index contributed by atoms with van der Waals surface area (Å²) < 4.78 is 0. The molecule has 0 atom stereocenters. The summed E-state index contributed by atoms with van der Waals surface area (Å²) in [5.74, 6) is 0. The topological polar surface area (TPSA) is 3.24 Å². The number of benzene rings is 8. The van der Waals surface area contributed by atoms with E-state index in [1.165, 1.54) is 65.7 Å². The molecule has 0 unspecified atom stereocenters. The van der Waals surface area contributed by atoms with Crippen molar-refractivity contribution < 1.29 is 0 Å². The Labute approximate surface area is 270 Å². The van der Waals surface area contributed by atoms with Crippen molar-refractivity contribution in [1.29, 1.82) is 0 Å². The molecule has 0 aliphatic heterocycles. The van der Waals surface area contributed by atoms with Gasteiger partial charge in [-0.2, -0.15) is 0 Å². The lowest BCUT2D eigenvalue weighted by Gasteiger charge is -2.26. The van der Waals surface area contributed by atoms with Crippen LogP contribution in [0.25, 0.3) is 54.6 Å². The lowest BCUT2D eigenvalue weighted by Crippen LogP contribution is -2.14. The number of nitrogens with zero attached hydrogens (tertiary/aromatic N) is 1. The number of fused-ring (bicyclic) bond motifs is 9. The monoisotopic (exact) mass is 587 g/mol. The molecule has 0 amide bonds. The standard InChI is InChI=1S/C45H33N/c1-45(2)41-19-10-9-18-40(41)44-39-24-22-31-20-21-33-29-36(23-25-37(33)43(31)38(39)26-27-42(44)45)46(34-15-7-4-8-16-34)35-17-11-14-32(28-35)30-12-5-3-6-13-30/h3-29H,1-2H3. The van der Waals surface area contributed by atoms with Crippen LogP contribution in [0.2, 0.25) is 0 Å². The van der Waals surface area contributed by atoms with E-state index in [4.69, 9.17) is 0 Å². The zero-order valence-electron chi connectivity index (χ0n) is 26.0. The average molecular weight is 588 g/mol. The van der Waals surface area contributed by atoms with Crippen LogP contribution < -0.4 is 4.90 Å². The van der Waals surface area contributed by atoms with E-state index in [9.17, 15) is 0 Å². The van der Waals surface area contributed by atoms with Gasteiger partial charge in [0.05, 0.1) is 0 Å². The first kappa shape index (κ1) is 26.7. The SMILES string of the molecule is CC1(C)c2ccccc2-c2c1ccc1c2ccc2ccc3cc(N(c4ccccc4)c4cccc(-c5ccccc5)c4)ccc3c21. The van der Waals surface area contributed by atoms with Gasteiger partial charge in [0.1, 0.15) is 0 Å². The molecule has 0 aromatic heterocycles. The second-order valence-corrected chi connectivity index (χ2v) is 13.0. The van der Waals surface area contributed by atoms with Gasteiger partial charge in [0.2, 0.25) is 0 Å². The Morgan fingerprint density at radius 2 is 1.04 bits per heavy atom. The first-order chi connectivity index (χ1) is 22.6. The summed E-state index contributed by atoms with van der Waals surface area (Å²) >= 11 is 0. The molecule has 8 aromatic carbocycles. The predicted molar refractivity (Wildman–Crippen MR) is 197 cm³/mol. The zero-order chi connectivity index (χ0) is 30.8. The second-order valence-electron chi connectivity index (χ2n) is 13.0. The van der Waals surface area contributed by atoms with E-state index in [0.29, 0.717) is 0 Å². The van der Waals surface area contributed by atoms with Gasteiger partial charge in [0, 0.05) is 22.5 Å². The van der Waals surface area contributed by atoms with Crippen LogP contribution in [0.5, 0.6) is 0 Å². The van der Waals surface area contributed by atoms with Crippen LogP contribution >= 0.6 is 0 Å². The van der Waals surface area contributed by atoms with Gasteiger partial charge in [-0.25, -0.2) is 0 Å². The second kappa shape index (κ2) is 10.2. The van der Waals surface area contributed by atoms with Gasteiger partial charge in [-0.05, 0) is 102 Å². The fourth-order valence-electron chi connectivity index (χ4n) is 7.78. The quantitative estimate of drug-likeness (QED) is 0.185. The molecule has 0 spiro atoms. The maximum Gasteiger partial charge on any atom is 0.0468 e. The molecular formula is C45H33N. The number of hydrogen-bond acceptors (Lipinski definition) is 1. The highest BCUT2D eigenvalue weighted by molar-refractivity contribution is 6.23. The zero-order valence-corrected chi connectivity index (χ0v) is 26.0. The smallest absolute Gasteiger partial charge is 0.0468 e. The van der Waals surface area contributed by atoms with Gasteiger partial charge in [-0.15, -0.1) is 0 Å². The van der Waals surface area contributed by atoms with Crippen LogP contribution in [-0.2, 0) is 5.41 Å². The fourth-order valence-corrected chi connectivity index (χ4v) is 7.78. The summed E-state index contributed by atoms with van der Waals surface area (Å²) in [4.78, 5) is 2.37. The summed E-state index contributed by atoms with van der Waals surface area (Å²) in [6, 6.07) is 60.0. The van der Waals surface area contributed by atoms with Crippen molar-refractivity contribution in [2.45, 2.75) is 19.3 Å². The normalized spacial score (nSPS) is 13.2. The molecule has 9 rings (SSSR count). The van der Waals surface area contributed by atoms with Gasteiger partial charge in [0.25, 0.3) is 0 Å². The summed E-state index contributed by atoms with van der Waals surface area (Å²) in [5.41, 5.74) is 11.4. The Hall–Kier alpha value is -5.66. The van der Waals surface area contributed by atoms with Crippen molar-refractivity contribution in [3.63, 3.8) is 0 Å². The van der Waals surface area contributed by atoms with E-state index in [1.54, 1.807) is 0 Å². The van der Waals surface area contributed by atoms with Crippen molar-refractivity contribution in [3.8, 4) is 22.3 Å². The van der Waals surface area contributed by atoms with Crippen LogP contribution in [0.4, 0.5) is 17.1 Å². The number of anilines is 3. The molecule has 1 aliphatic rings. The van der Waals surface area contributed by atoms with Gasteiger partial charge in [-0.3, -0.25) is 0 Å². The Morgan fingerprint density at radius 3 is 1.89 bits per heavy atom. The molecule has 0 radical (unpaired) electrons. The maximum absolute atomic E-state index is 2.38. The Morgan fingerprint density at radius 1 is 0.413 bits per heavy atom. The third-order valence-corrected chi connectivity index (χ3v) is 10.0. The molecule has 8 aromatic rings. The summed E-state index contributed by atoms with van der Waals surface area (Å²) in [7, 11) is 0. The van der Waals surface area contributed by atoms with Crippen LogP contribution in [0.15, 0.2) is 164 Å². The maximum atomic E-state index is 2.38. The molecule has 0 bridgehead atoms. The van der Waals surface area contributed by atoms with Crippen molar-refractivity contribution in [2.24, 2.45) is 0 Å². The van der Waals surface area contributed by atoms with Crippen LogP contribution in [0, 0.1) is 0 Å². The molecule has 0 saturated carbocycles. The van der Waals surface area contributed by atoms with E-state index < -0.39 is 0 Å². The van der Waals surface area contributed by atoms with Crippen molar-refractivity contribution in [1.82, 2.24) is 0 Å². The van der Waals surface area contributed by atoms with Gasteiger partial charge >= 0.3 is 0 Å². The number of hydrogen-bond donors (Lipinski definition) is 0. The Balaban J connectivity index is 1.25. The molecule has 0 fully saturated rings. The van der Waals surface area contributed by atoms with E-state index in [-0.39, 0.29) is 5.41 Å². The summed E-state index contributed by atoms with van der Waals surface area (Å²) in [5, 5.41) is 7.76. The van der Waals surface area contributed by atoms with Crippen LogP contribution in [-0.4, -0.2) is 0 Å². The summed E-state index contributed by atoms with van der Waals surface area (Å²) in [6.45, 7) is 4.71. The van der Waals surface area contributed by atoms with Crippen LogP contribution in [0.1, 0.15) is 25.0 Å². The summed E-state index contributed by atoms with van der Waals surface area (Å²) in [6.07, 6.45) is 0. The number of rotatable bonds is 4. The highest BCUT2D eigenvalue weighted by Crippen LogP contribution is 2.52. The van der Waals surface area contributed by atoms with E-state index in [1.807, 2.05) is 0 Å². The molecule has 0 N–H and O–H groups in total. The molecule has 218 valence electrons. The van der Waals surface area contributed by atoms with E-state index in [2.05, 4.69) is 183 Å². The Kier molecular flexibility index (Phi) is 5.92. The predicted octanol–water partition coefficient (Wildman–Crippen LogP) is 12.6. The van der Waals surface area contributed by atoms with Crippen molar-refractivity contribution >= 4 is 49.4 Å². The molecule has 1 nitrogen and oxygen atoms in total. The molecule has 0 heterocycles. The van der Waals surface area contributed by atoms with Crippen molar-refractivity contribution in [2.75, 3.05) is 4.90 Å². The molecular weight excluding hydrogens is 555 g/mol. The molecule has 1 heteroatoms. The molecule has 0 saturated heterocycles. The highest BCUT2D eigenvalue weighted by atomic mass is 15.1. The van der Waals surface area contributed by atoms with Crippen LogP contribution in [0.3, 0.4) is 0 Å². The third-order valence-electron chi connectivity index (χ3n) is 10.0. The minimum absolute atomic E-state index is 0.0125. The van der Waals surface area contributed by atoms with Gasteiger partial charge in [-0.1, -0.05) is 141 Å². The molecule has 46 heavy (non-hydrogen) atoms. The fraction of sp³-hybridized carbons (Fsp3) is 0.0667. The first-order valence-electron chi connectivity index (χ1n) is 16.1. The largest absolute Gasteiger partial charge is 0.310 e. The Bertz CT molecular complexity index is 2440. The third kappa shape index (κ3) is 4.02. The lowest BCUT2D eigenvalue weighted by molar-refractivity contribution is 0.661. The van der Waals surface area contributed by atoms with Gasteiger partial charge in [0.15, 0.2) is 0 Å².